The van der Waals surface area contributed by atoms with Gasteiger partial charge < -0.3 is 19.7 Å². The topological polar surface area (TPSA) is 91.0 Å². The van der Waals surface area contributed by atoms with E-state index in [1.54, 1.807) is 0 Å². The highest BCUT2D eigenvalue weighted by molar-refractivity contribution is 6.17. The van der Waals surface area contributed by atoms with Crippen LogP contribution in [0.15, 0.2) is 52.1 Å². The second-order valence-electron chi connectivity index (χ2n) is 7.74. The molecule has 160 valence electrons. The third-order valence-corrected chi connectivity index (χ3v) is 5.30. The number of aliphatic hydroxyl groups is 1. The normalized spacial score (nSPS) is 13.3. The highest BCUT2D eigenvalue weighted by Gasteiger charge is 2.20. The Kier molecular flexibility index (Phi) is 5.86. The van der Waals surface area contributed by atoms with Crippen molar-refractivity contribution in [2.24, 2.45) is 4.99 Å². The van der Waals surface area contributed by atoms with E-state index in [4.69, 9.17) is 9.41 Å². The SMILES string of the molecule is CCCN(C)c1cc2c(cc1C)NC(=O)CC(c1cccc(-c3nc(CO)co3)c1)=N2. The van der Waals surface area contributed by atoms with Gasteiger partial charge in [0.05, 0.1) is 30.1 Å². The number of oxazole rings is 1. The molecule has 7 heteroatoms. The summed E-state index contributed by atoms with van der Waals surface area (Å²) >= 11 is 0. The van der Waals surface area contributed by atoms with E-state index in [1.807, 2.05) is 43.3 Å². The predicted octanol–water partition coefficient (Wildman–Crippen LogP) is 4.45. The highest BCUT2D eigenvalue weighted by atomic mass is 16.3. The largest absolute Gasteiger partial charge is 0.444 e. The zero-order valence-electron chi connectivity index (χ0n) is 18.0. The van der Waals surface area contributed by atoms with Crippen molar-refractivity contribution in [3.05, 3.63) is 59.5 Å². The van der Waals surface area contributed by atoms with E-state index in [9.17, 15) is 9.90 Å². The lowest BCUT2D eigenvalue weighted by Crippen LogP contribution is -2.19. The van der Waals surface area contributed by atoms with Crippen LogP contribution in [0.3, 0.4) is 0 Å². The molecule has 31 heavy (non-hydrogen) atoms. The fourth-order valence-corrected chi connectivity index (χ4v) is 3.79. The van der Waals surface area contributed by atoms with Gasteiger partial charge in [-0.25, -0.2) is 4.98 Å². The third kappa shape index (κ3) is 4.36. The van der Waals surface area contributed by atoms with E-state index in [-0.39, 0.29) is 18.9 Å². The molecule has 0 saturated carbocycles. The fraction of sp³-hybridized carbons (Fsp3) is 0.292. The molecule has 0 aliphatic carbocycles. The molecule has 1 aliphatic heterocycles. The lowest BCUT2D eigenvalue weighted by molar-refractivity contribution is -0.115. The lowest BCUT2D eigenvalue weighted by Gasteiger charge is -2.22. The molecule has 3 aromatic rings. The van der Waals surface area contributed by atoms with Crippen molar-refractivity contribution in [3.8, 4) is 11.5 Å². The first kappa shape index (κ1) is 20.8. The molecule has 2 N–H and O–H groups in total. The number of nitrogens with one attached hydrogen (secondary N) is 1. The van der Waals surface area contributed by atoms with Gasteiger partial charge in [0.25, 0.3) is 0 Å². The van der Waals surface area contributed by atoms with Gasteiger partial charge in [0, 0.05) is 24.8 Å². The van der Waals surface area contributed by atoms with Crippen LogP contribution in [-0.2, 0) is 11.4 Å². The summed E-state index contributed by atoms with van der Waals surface area (Å²) in [6.07, 6.45) is 2.65. The smallest absolute Gasteiger partial charge is 0.230 e. The molecule has 0 radical (unpaired) electrons. The zero-order valence-corrected chi connectivity index (χ0v) is 18.0. The van der Waals surface area contributed by atoms with Gasteiger partial charge >= 0.3 is 0 Å². The van der Waals surface area contributed by atoms with Gasteiger partial charge in [-0.1, -0.05) is 19.1 Å². The van der Waals surface area contributed by atoms with E-state index in [2.05, 4.69) is 29.2 Å². The molecule has 2 aromatic carbocycles. The van der Waals surface area contributed by atoms with E-state index in [0.717, 1.165) is 46.7 Å². The standard InChI is InChI=1S/C24H26N4O3/c1-4-8-28(3)22-11-21-20(9-15(22)2)27-23(30)12-19(26-21)16-6-5-7-17(10-16)24-25-18(13-29)14-31-24/h5-7,9-11,14,29H,4,8,12-13H2,1-3H3,(H,27,30). The van der Waals surface area contributed by atoms with Gasteiger partial charge in [0.15, 0.2) is 0 Å². The van der Waals surface area contributed by atoms with Crippen molar-refractivity contribution >= 4 is 28.7 Å². The fourth-order valence-electron chi connectivity index (χ4n) is 3.79. The summed E-state index contributed by atoms with van der Waals surface area (Å²) in [5.74, 6) is 0.319. The first-order chi connectivity index (χ1) is 15.0. The molecule has 0 bridgehead atoms. The van der Waals surface area contributed by atoms with Gasteiger partial charge in [-0.15, -0.1) is 0 Å². The van der Waals surface area contributed by atoms with Crippen LogP contribution < -0.4 is 10.2 Å². The molecule has 0 unspecified atom stereocenters. The Morgan fingerprint density at radius 3 is 2.77 bits per heavy atom. The van der Waals surface area contributed by atoms with Crippen molar-refractivity contribution < 1.29 is 14.3 Å². The maximum Gasteiger partial charge on any atom is 0.230 e. The summed E-state index contributed by atoms with van der Waals surface area (Å²) in [5.41, 5.74) is 6.41. The number of benzene rings is 2. The Hall–Kier alpha value is -3.45. The number of carbonyl (C=O) groups excluding carboxylic acids is 1. The van der Waals surface area contributed by atoms with E-state index in [0.29, 0.717) is 17.3 Å². The Balaban J connectivity index is 1.76. The Morgan fingerprint density at radius 2 is 2.03 bits per heavy atom. The number of anilines is 2. The number of nitrogens with zero attached hydrogens (tertiary/aromatic N) is 3. The number of aliphatic imine (C=N–C) groups is 1. The molecule has 1 amide bonds. The van der Waals surface area contributed by atoms with Gasteiger partial charge in [0.2, 0.25) is 11.8 Å². The monoisotopic (exact) mass is 418 g/mol. The van der Waals surface area contributed by atoms with Crippen LogP contribution in [-0.4, -0.2) is 35.3 Å². The predicted molar refractivity (Wildman–Crippen MR) is 122 cm³/mol. The zero-order chi connectivity index (χ0) is 22.0. The molecular formula is C24H26N4O3. The summed E-state index contributed by atoms with van der Waals surface area (Å²) in [6.45, 7) is 4.96. The Labute approximate surface area is 181 Å². The van der Waals surface area contributed by atoms with Crippen LogP contribution >= 0.6 is 0 Å². The highest BCUT2D eigenvalue weighted by Crippen LogP contribution is 2.36. The van der Waals surface area contributed by atoms with Gasteiger partial charge in [-0.3, -0.25) is 9.79 Å². The van der Waals surface area contributed by atoms with E-state index < -0.39 is 0 Å². The molecular weight excluding hydrogens is 392 g/mol. The van der Waals surface area contributed by atoms with Gasteiger partial charge in [0.1, 0.15) is 12.0 Å². The summed E-state index contributed by atoms with van der Waals surface area (Å²) in [7, 11) is 2.07. The summed E-state index contributed by atoms with van der Waals surface area (Å²) in [6, 6.07) is 11.6. The Bertz CT molecular complexity index is 1150. The van der Waals surface area contributed by atoms with Crippen LogP contribution in [0.4, 0.5) is 17.1 Å². The molecule has 2 heterocycles. The number of aliphatic hydroxyl groups excluding tert-OH is 1. The van der Waals surface area contributed by atoms with Gasteiger partial charge in [-0.2, -0.15) is 0 Å². The first-order valence-electron chi connectivity index (χ1n) is 10.4. The number of aryl methyl sites for hydroxylation is 1. The summed E-state index contributed by atoms with van der Waals surface area (Å²) < 4.78 is 5.47. The maximum atomic E-state index is 12.6. The van der Waals surface area contributed by atoms with Crippen LogP contribution in [0.2, 0.25) is 0 Å². The number of amides is 1. The van der Waals surface area contributed by atoms with E-state index in [1.165, 1.54) is 6.26 Å². The third-order valence-electron chi connectivity index (χ3n) is 5.30. The molecule has 7 nitrogen and oxygen atoms in total. The number of aromatic nitrogens is 1. The second kappa shape index (κ2) is 8.73. The number of carbonyl (C=O) groups is 1. The second-order valence-corrected chi connectivity index (χ2v) is 7.74. The maximum absolute atomic E-state index is 12.6. The van der Waals surface area contributed by atoms with Crippen molar-refractivity contribution in [3.63, 3.8) is 0 Å². The molecule has 0 saturated heterocycles. The Morgan fingerprint density at radius 1 is 1.23 bits per heavy atom. The van der Waals surface area contributed by atoms with Crippen LogP contribution in [0.1, 0.15) is 36.6 Å². The quantitative estimate of drug-likeness (QED) is 0.617. The molecule has 4 rings (SSSR count). The average Bonchev–Trinajstić information content (AvgIpc) is 3.18. The minimum Gasteiger partial charge on any atom is -0.444 e. The number of fused-ring (bicyclic) bond motifs is 1. The number of hydrogen-bond donors (Lipinski definition) is 2. The van der Waals surface area contributed by atoms with Crippen molar-refractivity contribution in [1.82, 2.24) is 4.98 Å². The minimum absolute atomic E-state index is 0.101. The van der Waals surface area contributed by atoms with Crippen molar-refractivity contribution in [1.29, 1.82) is 0 Å². The van der Waals surface area contributed by atoms with Gasteiger partial charge in [-0.05, 0) is 48.7 Å². The molecule has 0 atom stereocenters. The molecule has 0 spiro atoms. The van der Waals surface area contributed by atoms with Crippen LogP contribution in [0.5, 0.6) is 0 Å². The summed E-state index contributed by atoms with van der Waals surface area (Å²) in [5, 5.41) is 12.2. The van der Waals surface area contributed by atoms with Crippen LogP contribution in [0.25, 0.3) is 11.5 Å². The molecule has 1 aliphatic rings. The summed E-state index contributed by atoms with van der Waals surface area (Å²) in [4.78, 5) is 24.0. The van der Waals surface area contributed by atoms with Crippen LogP contribution in [0, 0.1) is 6.92 Å². The van der Waals surface area contributed by atoms with E-state index >= 15 is 0 Å². The van der Waals surface area contributed by atoms with Crippen molar-refractivity contribution in [2.75, 3.05) is 23.8 Å². The lowest BCUT2D eigenvalue weighted by atomic mass is 10.0. The number of rotatable bonds is 6. The average molecular weight is 418 g/mol. The van der Waals surface area contributed by atoms with Crippen molar-refractivity contribution in [2.45, 2.75) is 33.3 Å². The molecule has 0 fully saturated rings. The minimum atomic E-state index is -0.179. The molecule has 1 aromatic heterocycles. The number of hydrogen-bond acceptors (Lipinski definition) is 6. The first-order valence-corrected chi connectivity index (χ1v) is 10.4.